The summed E-state index contributed by atoms with van der Waals surface area (Å²) in [6, 6.07) is 22.7. The number of hydrogen-bond acceptors (Lipinski definition) is 2. The van der Waals surface area contributed by atoms with Crippen LogP contribution in [0.5, 0.6) is 5.75 Å². The van der Waals surface area contributed by atoms with Gasteiger partial charge in [0.1, 0.15) is 5.75 Å². The first-order valence-corrected chi connectivity index (χ1v) is 10.7. The monoisotopic (exact) mass is 467 g/mol. The van der Waals surface area contributed by atoms with Gasteiger partial charge in [0.2, 0.25) is 0 Å². The molecule has 0 radical (unpaired) electrons. The molecule has 0 fully saturated rings. The maximum Gasteiger partial charge on any atom is 0.573 e. The van der Waals surface area contributed by atoms with E-state index in [1.165, 1.54) is 18.2 Å². The second-order valence-electron chi connectivity index (χ2n) is 8.28. The van der Waals surface area contributed by atoms with Crippen molar-refractivity contribution in [1.82, 2.24) is 0 Å². The number of ether oxygens (including phenoxy) is 1. The summed E-state index contributed by atoms with van der Waals surface area (Å²) in [5, 5.41) is 0. The Bertz CT molecular complexity index is 1150. The van der Waals surface area contributed by atoms with Crippen LogP contribution in [0.3, 0.4) is 0 Å². The summed E-state index contributed by atoms with van der Waals surface area (Å²) >= 11 is 0. The second-order valence-corrected chi connectivity index (χ2v) is 8.28. The highest BCUT2D eigenvalue weighted by molar-refractivity contribution is 6.09. The first-order valence-electron chi connectivity index (χ1n) is 10.7. The van der Waals surface area contributed by atoms with Crippen LogP contribution in [0.15, 0.2) is 90.5 Å². The van der Waals surface area contributed by atoms with E-state index in [0.29, 0.717) is 23.2 Å². The molecule has 2 atom stereocenters. The fraction of sp³-hybridized carbons (Fsp3) is 0.250. The van der Waals surface area contributed by atoms with Crippen LogP contribution in [0.2, 0.25) is 0 Å². The number of aryl methyl sites for hydroxylation is 1. The Morgan fingerprint density at radius 1 is 0.971 bits per heavy atom. The molecule has 34 heavy (non-hydrogen) atoms. The van der Waals surface area contributed by atoms with Crippen LogP contribution in [0, 0.1) is 6.92 Å². The molecule has 0 spiro atoms. The Morgan fingerprint density at radius 3 is 2.29 bits per heavy atom. The Hall–Kier alpha value is -3.54. The van der Waals surface area contributed by atoms with Gasteiger partial charge in [0.05, 0.1) is 6.04 Å². The van der Waals surface area contributed by atoms with Crippen molar-refractivity contribution in [2.45, 2.75) is 46.0 Å². The minimum atomic E-state index is -4.78. The van der Waals surface area contributed by atoms with E-state index in [1.807, 2.05) is 67.6 Å². The van der Waals surface area contributed by atoms with Gasteiger partial charge < -0.3 is 4.74 Å². The van der Waals surface area contributed by atoms with Crippen molar-refractivity contribution in [2.75, 3.05) is 4.90 Å². The van der Waals surface area contributed by atoms with Crippen molar-refractivity contribution in [1.29, 1.82) is 0 Å². The van der Waals surface area contributed by atoms with E-state index in [1.54, 1.807) is 11.0 Å². The van der Waals surface area contributed by atoms with E-state index in [2.05, 4.69) is 11.7 Å². The molecule has 1 aliphatic heterocycles. The van der Waals surface area contributed by atoms with Crippen LogP contribution in [-0.4, -0.2) is 12.3 Å². The average Bonchev–Trinajstić information content (AvgIpc) is 3.10. The van der Waals surface area contributed by atoms with Crippen molar-refractivity contribution in [2.24, 2.45) is 0 Å². The van der Waals surface area contributed by atoms with Crippen LogP contribution in [0.4, 0.5) is 18.9 Å². The molecule has 3 nitrogen and oxygen atoms in total. The van der Waals surface area contributed by atoms with Crippen LogP contribution >= 0.6 is 0 Å². The number of hydrogen-bond donors (Lipinski definition) is 0. The molecule has 0 bridgehead atoms. The lowest BCUT2D eigenvalue weighted by Gasteiger charge is -2.26. The number of halogens is 3. The van der Waals surface area contributed by atoms with Crippen LogP contribution in [0.1, 0.15) is 49.4 Å². The van der Waals surface area contributed by atoms with Gasteiger partial charge in [-0.05, 0) is 60.7 Å². The van der Waals surface area contributed by atoms with Gasteiger partial charge in [-0.3, -0.25) is 9.69 Å². The van der Waals surface area contributed by atoms with Crippen molar-refractivity contribution >= 4 is 11.6 Å². The van der Waals surface area contributed by atoms with Gasteiger partial charge in [-0.15, -0.1) is 13.2 Å². The zero-order chi connectivity index (χ0) is 23.6. The lowest BCUT2D eigenvalue weighted by atomic mass is 9.93. The maximum absolute atomic E-state index is 13.5. The summed E-state index contributed by atoms with van der Waals surface area (Å²) in [5.41, 5.74) is 4.05. The number of amides is 1. The lowest BCUT2D eigenvalue weighted by Crippen LogP contribution is -2.29. The molecule has 0 saturated heterocycles. The first-order chi connectivity index (χ1) is 15.7. The van der Waals surface area contributed by atoms with E-state index in [4.69, 9.17) is 0 Å². The largest absolute Gasteiger partial charge is 0.573 e. The SMILES string of the molecule is C.Cc1ccc(N2C(=O)C(C[C@H](C)c3ccccc3)=C[C@H]2c2cccc(OC(F)(F)F)c2)cc1. The standard InChI is InChI=1S/C27H24F3NO2.CH4/c1-18-11-13-23(14-12-18)31-25(21-9-6-10-24(16-21)33-27(28,29)30)17-22(26(31)32)15-19(2)20-7-4-3-5-8-20;/h3-14,16-17,19,25H,15H2,1-2H3;1H4/t19-,25-;/m0./s1. The van der Waals surface area contributed by atoms with E-state index >= 15 is 0 Å². The zero-order valence-corrected chi connectivity index (χ0v) is 18.3. The highest BCUT2D eigenvalue weighted by atomic mass is 19.4. The van der Waals surface area contributed by atoms with Gasteiger partial charge in [-0.2, -0.15) is 0 Å². The average molecular weight is 468 g/mol. The lowest BCUT2D eigenvalue weighted by molar-refractivity contribution is -0.274. The van der Waals surface area contributed by atoms with Gasteiger partial charge in [-0.25, -0.2) is 0 Å². The third-order valence-electron chi connectivity index (χ3n) is 5.77. The summed E-state index contributed by atoms with van der Waals surface area (Å²) in [4.78, 5) is 15.1. The topological polar surface area (TPSA) is 29.5 Å². The number of carbonyl (C=O) groups excluding carboxylic acids is 1. The predicted molar refractivity (Wildman–Crippen MR) is 129 cm³/mol. The molecule has 3 aromatic carbocycles. The maximum atomic E-state index is 13.5. The number of nitrogens with zero attached hydrogens (tertiary/aromatic N) is 1. The van der Waals surface area contributed by atoms with Gasteiger partial charge in [0, 0.05) is 11.3 Å². The number of alkyl halides is 3. The molecule has 6 heteroatoms. The van der Waals surface area contributed by atoms with Crippen molar-refractivity contribution in [3.05, 3.63) is 107 Å². The van der Waals surface area contributed by atoms with Crippen molar-refractivity contribution in [3.8, 4) is 5.75 Å². The van der Waals surface area contributed by atoms with Gasteiger partial charge in [0.15, 0.2) is 0 Å². The normalized spacial score (nSPS) is 16.6. The van der Waals surface area contributed by atoms with E-state index in [-0.39, 0.29) is 25.0 Å². The summed E-state index contributed by atoms with van der Waals surface area (Å²) in [6.07, 6.45) is -2.40. The van der Waals surface area contributed by atoms with E-state index < -0.39 is 12.4 Å². The smallest absolute Gasteiger partial charge is 0.406 e. The third kappa shape index (κ3) is 5.68. The van der Waals surface area contributed by atoms with Gasteiger partial charge >= 0.3 is 6.36 Å². The molecule has 1 amide bonds. The number of benzene rings is 3. The highest BCUT2D eigenvalue weighted by Gasteiger charge is 2.36. The fourth-order valence-electron chi connectivity index (χ4n) is 4.13. The van der Waals surface area contributed by atoms with Crippen molar-refractivity contribution < 1.29 is 22.7 Å². The zero-order valence-electron chi connectivity index (χ0n) is 18.3. The van der Waals surface area contributed by atoms with E-state index in [0.717, 1.165) is 11.1 Å². The fourth-order valence-corrected chi connectivity index (χ4v) is 4.13. The molecular weight excluding hydrogens is 439 g/mol. The minimum Gasteiger partial charge on any atom is -0.406 e. The highest BCUT2D eigenvalue weighted by Crippen LogP contribution is 2.40. The molecular formula is C28H28F3NO2. The Morgan fingerprint density at radius 2 is 1.65 bits per heavy atom. The Kier molecular flexibility index (Phi) is 7.50. The molecule has 0 N–H and O–H groups in total. The molecule has 178 valence electrons. The third-order valence-corrected chi connectivity index (χ3v) is 5.77. The first kappa shape index (κ1) is 25.1. The Balaban J connectivity index is 0.00000324. The molecule has 4 rings (SSSR count). The van der Waals surface area contributed by atoms with Crippen LogP contribution in [-0.2, 0) is 4.79 Å². The van der Waals surface area contributed by atoms with Crippen LogP contribution in [0.25, 0.3) is 0 Å². The minimum absolute atomic E-state index is 0. The van der Waals surface area contributed by atoms with Crippen molar-refractivity contribution in [3.63, 3.8) is 0 Å². The number of anilines is 1. The number of carbonyl (C=O) groups is 1. The summed E-state index contributed by atoms with van der Waals surface area (Å²) < 4.78 is 42.4. The summed E-state index contributed by atoms with van der Waals surface area (Å²) in [7, 11) is 0. The predicted octanol–water partition coefficient (Wildman–Crippen LogP) is 7.74. The molecule has 0 aliphatic carbocycles. The quantitative estimate of drug-likeness (QED) is 0.371. The Labute approximate surface area is 198 Å². The second kappa shape index (κ2) is 10.2. The van der Waals surface area contributed by atoms with Gasteiger partial charge in [-0.1, -0.05) is 74.5 Å². The van der Waals surface area contributed by atoms with Gasteiger partial charge in [0.25, 0.3) is 5.91 Å². The van der Waals surface area contributed by atoms with E-state index in [9.17, 15) is 18.0 Å². The summed E-state index contributed by atoms with van der Waals surface area (Å²) in [5.74, 6) is -0.343. The van der Waals surface area contributed by atoms with Crippen LogP contribution < -0.4 is 9.64 Å². The molecule has 0 unspecified atom stereocenters. The molecule has 0 aromatic heterocycles. The molecule has 1 heterocycles. The molecule has 1 aliphatic rings. The molecule has 0 saturated carbocycles. The number of rotatable bonds is 6. The molecule has 3 aromatic rings. The summed E-state index contributed by atoms with van der Waals surface area (Å²) in [6.45, 7) is 4.01.